The third-order valence-electron chi connectivity index (χ3n) is 4.14. The van der Waals surface area contributed by atoms with Gasteiger partial charge < -0.3 is 15.1 Å². The molecule has 0 aliphatic carbocycles. The van der Waals surface area contributed by atoms with E-state index in [4.69, 9.17) is 0 Å². The van der Waals surface area contributed by atoms with Crippen LogP contribution in [0.15, 0.2) is 18.2 Å². The highest BCUT2D eigenvalue weighted by Gasteiger charge is 2.24. The van der Waals surface area contributed by atoms with E-state index in [0.717, 1.165) is 37.4 Å². The largest absolute Gasteiger partial charge is 0.385 e. The molecule has 0 saturated carbocycles. The molecule has 4 heteroatoms. The van der Waals surface area contributed by atoms with Gasteiger partial charge in [-0.15, -0.1) is 0 Å². The molecule has 4 nitrogen and oxygen atoms in total. The monoisotopic (exact) mass is 289 g/mol. The molecule has 21 heavy (non-hydrogen) atoms. The van der Waals surface area contributed by atoms with E-state index in [1.165, 1.54) is 12.0 Å². The Morgan fingerprint density at radius 3 is 2.86 bits per heavy atom. The number of amides is 1. The lowest BCUT2D eigenvalue weighted by molar-refractivity contribution is 0.0775. The molecule has 116 valence electrons. The molecular weight excluding hydrogens is 262 g/mol. The van der Waals surface area contributed by atoms with Crippen LogP contribution in [0.5, 0.6) is 0 Å². The van der Waals surface area contributed by atoms with Gasteiger partial charge in [0.1, 0.15) is 0 Å². The number of carbonyl (C=O) groups excluding carboxylic acids is 1. The standard InChI is InChI=1S/C17H27N3O/c1-5-18-16-10-13(2)6-7-15(16)17(21)20(4)12-14-8-9-19(3)11-14/h6-7,10,14,18H,5,8-9,11-12H2,1-4H3. The molecule has 1 aliphatic heterocycles. The van der Waals surface area contributed by atoms with E-state index in [2.05, 4.69) is 24.2 Å². The highest BCUT2D eigenvalue weighted by atomic mass is 16.2. The van der Waals surface area contributed by atoms with Crippen molar-refractivity contribution in [2.45, 2.75) is 20.3 Å². The van der Waals surface area contributed by atoms with Gasteiger partial charge in [-0.3, -0.25) is 4.79 Å². The summed E-state index contributed by atoms with van der Waals surface area (Å²) in [6, 6.07) is 5.99. The Balaban J connectivity index is 2.08. The Hall–Kier alpha value is -1.55. The van der Waals surface area contributed by atoms with E-state index in [9.17, 15) is 4.79 Å². The van der Waals surface area contributed by atoms with Gasteiger partial charge >= 0.3 is 0 Å². The number of nitrogens with zero attached hydrogens (tertiary/aromatic N) is 2. The van der Waals surface area contributed by atoms with Crippen LogP contribution in [0.4, 0.5) is 5.69 Å². The highest BCUT2D eigenvalue weighted by Crippen LogP contribution is 2.21. The van der Waals surface area contributed by atoms with Gasteiger partial charge in [0.25, 0.3) is 5.91 Å². The molecule has 0 radical (unpaired) electrons. The van der Waals surface area contributed by atoms with Gasteiger partial charge in [0.05, 0.1) is 5.56 Å². The van der Waals surface area contributed by atoms with Gasteiger partial charge in [0.15, 0.2) is 0 Å². The van der Waals surface area contributed by atoms with Crippen LogP contribution in [0.25, 0.3) is 0 Å². The number of anilines is 1. The lowest BCUT2D eigenvalue weighted by atomic mass is 10.1. The first kappa shape index (κ1) is 15.8. The minimum Gasteiger partial charge on any atom is -0.385 e. The summed E-state index contributed by atoms with van der Waals surface area (Å²) in [5.74, 6) is 0.706. The third-order valence-corrected chi connectivity index (χ3v) is 4.14. The number of rotatable bonds is 5. The summed E-state index contributed by atoms with van der Waals surface area (Å²) in [5.41, 5.74) is 2.89. The Labute approximate surface area is 128 Å². The van der Waals surface area contributed by atoms with Crippen molar-refractivity contribution in [3.05, 3.63) is 29.3 Å². The maximum atomic E-state index is 12.7. The third kappa shape index (κ3) is 3.97. The fourth-order valence-corrected chi connectivity index (χ4v) is 3.03. The summed E-state index contributed by atoms with van der Waals surface area (Å²) in [6.45, 7) is 7.98. The van der Waals surface area contributed by atoms with E-state index in [1.807, 2.05) is 37.1 Å². The zero-order chi connectivity index (χ0) is 15.4. The van der Waals surface area contributed by atoms with Crippen molar-refractivity contribution in [3.8, 4) is 0 Å². The minimum absolute atomic E-state index is 0.112. The summed E-state index contributed by atoms with van der Waals surface area (Å²) < 4.78 is 0. The minimum atomic E-state index is 0.112. The van der Waals surface area contributed by atoms with Crippen LogP contribution in [0, 0.1) is 12.8 Å². The van der Waals surface area contributed by atoms with Crippen LogP contribution >= 0.6 is 0 Å². The van der Waals surface area contributed by atoms with Gasteiger partial charge in [-0.1, -0.05) is 6.07 Å². The van der Waals surface area contributed by atoms with E-state index < -0.39 is 0 Å². The molecule has 1 unspecified atom stereocenters. The lowest BCUT2D eigenvalue weighted by Gasteiger charge is -2.23. The fraction of sp³-hybridized carbons (Fsp3) is 0.588. The van der Waals surface area contributed by atoms with Gasteiger partial charge in [0.2, 0.25) is 0 Å². The Morgan fingerprint density at radius 1 is 1.48 bits per heavy atom. The molecule has 1 atom stereocenters. The van der Waals surface area contributed by atoms with Crippen LogP contribution < -0.4 is 5.32 Å². The lowest BCUT2D eigenvalue weighted by Crippen LogP contribution is -2.33. The summed E-state index contributed by atoms with van der Waals surface area (Å²) in [5, 5.41) is 3.30. The predicted molar refractivity (Wildman–Crippen MR) is 87.9 cm³/mol. The predicted octanol–water partition coefficient (Wildman–Crippen LogP) is 2.45. The fourth-order valence-electron chi connectivity index (χ4n) is 3.03. The van der Waals surface area contributed by atoms with Gasteiger partial charge in [0, 0.05) is 32.4 Å². The number of hydrogen-bond donors (Lipinski definition) is 1. The van der Waals surface area contributed by atoms with Crippen molar-refractivity contribution < 1.29 is 4.79 Å². The Morgan fingerprint density at radius 2 is 2.24 bits per heavy atom. The number of benzene rings is 1. The number of nitrogens with one attached hydrogen (secondary N) is 1. The second kappa shape index (κ2) is 6.94. The number of hydrogen-bond acceptors (Lipinski definition) is 3. The second-order valence-corrected chi connectivity index (χ2v) is 6.18. The van der Waals surface area contributed by atoms with E-state index in [1.54, 1.807) is 0 Å². The number of likely N-dealkylation sites (tertiary alicyclic amines) is 1. The Kier molecular flexibility index (Phi) is 5.23. The van der Waals surface area contributed by atoms with Crippen LogP contribution in [0.3, 0.4) is 0 Å². The zero-order valence-electron chi connectivity index (χ0n) is 13.6. The molecule has 0 bridgehead atoms. The summed E-state index contributed by atoms with van der Waals surface area (Å²) in [6.07, 6.45) is 1.18. The topological polar surface area (TPSA) is 35.6 Å². The number of aryl methyl sites for hydroxylation is 1. The van der Waals surface area contributed by atoms with Gasteiger partial charge in [-0.25, -0.2) is 0 Å². The molecule has 1 heterocycles. The average Bonchev–Trinajstić information content (AvgIpc) is 2.84. The molecule has 0 aromatic heterocycles. The molecule has 1 aliphatic rings. The van der Waals surface area contributed by atoms with Crippen molar-refractivity contribution in [3.63, 3.8) is 0 Å². The molecule has 1 N–H and O–H groups in total. The molecule has 1 aromatic rings. The van der Waals surface area contributed by atoms with Gasteiger partial charge in [-0.2, -0.15) is 0 Å². The van der Waals surface area contributed by atoms with E-state index in [0.29, 0.717) is 5.92 Å². The van der Waals surface area contributed by atoms with Crippen LogP contribution in [0.2, 0.25) is 0 Å². The summed E-state index contributed by atoms with van der Waals surface area (Å²) in [4.78, 5) is 16.9. The van der Waals surface area contributed by atoms with Crippen molar-refractivity contribution in [2.75, 3.05) is 45.6 Å². The molecule has 1 amide bonds. The van der Waals surface area contributed by atoms with E-state index >= 15 is 0 Å². The van der Waals surface area contributed by atoms with E-state index in [-0.39, 0.29) is 5.91 Å². The summed E-state index contributed by atoms with van der Waals surface area (Å²) >= 11 is 0. The zero-order valence-corrected chi connectivity index (χ0v) is 13.6. The van der Waals surface area contributed by atoms with Crippen molar-refractivity contribution >= 4 is 11.6 Å². The first-order chi connectivity index (χ1) is 10.0. The highest BCUT2D eigenvalue weighted by molar-refractivity contribution is 5.99. The molecule has 1 saturated heterocycles. The molecule has 2 rings (SSSR count). The maximum Gasteiger partial charge on any atom is 0.255 e. The van der Waals surface area contributed by atoms with Crippen molar-refractivity contribution in [2.24, 2.45) is 5.92 Å². The molecular formula is C17H27N3O. The normalized spacial score (nSPS) is 18.8. The van der Waals surface area contributed by atoms with Crippen LogP contribution in [-0.4, -0.2) is 56.0 Å². The first-order valence-corrected chi connectivity index (χ1v) is 7.79. The molecule has 0 spiro atoms. The summed E-state index contributed by atoms with van der Waals surface area (Å²) in [7, 11) is 4.06. The van der Waals surface area contributed by atoms with Crippen LogP contribution in [-0.2, 0) is 0 Å². The van der Waals surface area contributed by atoms with Crippen molar-refractivity contribution in [1.29, 1.82) is 0 Å². The maximum absolute atomic E-state index is 12.7. The van der Waals surface area contributed by atoms with Crippen LogP contribution in [0.1, 0.15) is 29.3 Å². The average molecular weight is 289 g/mol. The van der Waals surface area contributed by atoms with Crippen molar-refractivity contribution in [1.82, 2.24) is 9.80 Å². The smallest absolute Gasteiger partial charge is 0.255 e. The Bertz CT molecular complexity index is 501. The molecule has 1 aromatic carbocycles. The van der Waals surface area contributed by atoms with Gasteiger partial charge in [-0.05, 0) is 57.5 Å². The molecule has 1 fully saturated rings. The quantitative estimate of drug-likeness (QED) is 0.904. The number of carbonyl (C=O) groups is 1. The SMILES string of the molecule is CCNc1cc(C)ccc1C(=O)N(C)CC1CCN(C)C1. The second-order valence-electron chi connectivity index (χ2n) is 6.18. The first-order valence-electron chi connectivity index (χ1n) is 7.79.